The highest BCUT2D eigenvalue weighted by atomic mass is 15.2. The SMILES string of the molecule is CN1c2ccc3c(c2C2C=CC=CC21)N=C(c1ccccc1)C3(c1ccccc1)c1ccccc1. The molecule has 168 valence electrons. The molecule has 0 bridgehead atoms. The van der Waals surface area contributed by atoms with Crippen molar-refractivity contribution in [2.75, 3.05) is 11.9 Å². The van der Waals surface area contributed by atoms with E-state index in [-0.39, 0.29) is 0 Å². The summed E-state index contributed by atoms with van der Waals surface area (Å²) in [6.07, 6.45) is 9.01. The summed E-state index contributed by atoms with van der Waals surface area (Å²) in [5, 5.41) is 0. The molecule has 0 fully saturated rings. The first-order valence-electron chi connectivity index (χ1n) is 12.3. The van der Waals surface area contributed by atoms with Crippen LogP contribution >= 0.6 is 0 Å². The molecule has 0 N–H and O–H groups in total. The fourth-order valence-corrected chi connectivity index (χ4v) is 6.38. The Morgan fingerprint density at radius 2 is 1.29 bits per heavy atom. The molecule has 4 aromatic carbocycles. The molecular weight excluding hydrogens is 424 g/mol. The molecule has 3 aliphatic rings. The van der Waals surface area contributed by atoms with Crippen molar-refractivity contribution >= 4 is 17.1 Å². The summed E-state index contributed by atoms with van der Waals surface area (Å²) in [4.78, 5) is 7.96. The van der Waals surface area contributed by atoms with Gasteiger partial charge in [-0.2, -0.15) is 0 Å². The third kappa shape index (κ3) is 2.74. The molecule has 0 radical (unpaired) electrons. The molecule has 0 spiro atoms. The minimum absolute atomic E-state index is 0.304. The molecule has 2 heterocycles. The Bertz CT molecular complexity index is 1460. The summed E-state index contributed by atoms with van der Waals surface area (Å²) in [6, 6.07) is 37.5. The molecule has 0 amide bonds. The van der Waals surface area contributed by atoms with E-state index in [0.29, 0.717) is 12.0 Å². The molecule has 4 aromatic rings. The van der Waals surface area contributed by atoms with Gasteiger partial charge in [0.25, 0.3) is 0 Å². The van der Waals surface area contributed by atoms with Gasteiger partial charge >= 0.3 is 0 Å². The number of rotatable bonds is 3. The summed E-state index contributed by atoms with van der Waals surface area (Å²) in [5.41, 5.74) is 9.29. The highest BCUT2D eigenvalue weighted by Gasteiger charge is 2.50. The van der Waals surface area contributed by atoms with Crippen molar-refractivity contribution in [3.8, 4) is 0 Å². The van der Waals surface area contributed by atoms with Crippen LogP contribution in [0.25, 0.3) is 0 Å². The molecule has 1 aliphatic carbocycles. The van der Waals surface area contributed by atoms with Crippen molar-refractivity contribution in [3.05, 3.63) is 155 Å². The molecule has 2 aliphatic heterocycles. The van der Waals surface area contributed by atoms with Gasteiger partial charge in [-0.1, -0.05) is 121 Å². The lowest BCUT2D eigenvalue weighted by Gasteiger charge is -2.34. The molecule has 0 saturated carbocycles. The van der Waals surface area contributed by atoms with Gasteiger partial charge in [-0.15, -0.1) is 0 Å². The lowest BCUT2D eigenvalue weighted by molar-refractivity contribution is 0.723. The van der Waals surface area contributed by atoms with Gasteiger partial charge in [0.15, 0.2) is 0 Å². The van der Waals surface area contributed by atoms with E-state index in [1.807, 2.05) is 0 Å². The zero-order valence-electron chi connectivity index (χ0n) is 19.7. The smallest absolute Gasteiger partial charge is 0.0901 e. The predicted octanol–water partition coefficient (Wildman–Crippen LogP) is 7.18. The Kier molecular flexibility index (Phi) is 4.44. The average Bonchev–Trinajstić information content (AvgIpc) is 3.44. The summed E-state index contributed by atoms with van der Waals surface area (Å²) >= 11 is 0. The Morgan fingerprint density at radius 3 is 1.94 bits per heavy atom. The highest BCUT2D eigenvalue weighted by Crippen LogP contribution is 2.57. The maximum atomic E-state index is 5.56. The standard InChI is InChI=1S/C33H26N2/c1-35-28-20-12-11-19-26(28)30-29(35)22-21-27-31(30)34-32(23-13-5-2-6-14-23)33(27,24-15-7-3-8-16-24)25-17-9-4-10-18-25/h2-22,26,28H,1H3. The van der Waals surface area contributed by atoms with Crippen molar-refractivity contribution < 1.29 is 0 Å². The molecule has 2 atom stereocenters. The van der Waals surface area contributed by atoms with Gasteiger partial charge in [0.2, 0.25) is 0 Å². The number of hydrogen-bond donors (Lipinski definition) is 0. The van der Waals surface area contributed by atoms with Crippen LogP contribution in [0.4, 0.5) is 11.4 Å². The van der Waals surface area contributed by atoms with Crippen LogP contribution in [0, 0.1) is 0 Å². The molecule has 2 heteroatoms. The largest absolute Gasteiger partial charge is 0.367 e. The minimum Gasteiger partial charge on any atom is -0.367 e. The van der Waals surface area contributed by atoms with E-state index in [0.717, 1.165) is 17.0 Å². The van der Waals surface area contributed by atoms with E-state index >= 15 is 0 Å². The Balaban J connectivity index is 1.60. The Labute approximate surface area is 206 Å². The maximum Gasteiger partial charge on any atom is 0.0901 e. The van der Waals surface area contributed by atoms with Gasteiger partial charge in [0.05, 0.1) is 22.9 Å². The van der Waals surface area contributed by atoms with Gasteiger partial charge in [-0.25, -0.2) is 0 Å². The van der Waals surface area contributed by atoms with Crippen molar-refractivity contribution in [1.29, 1.82) is 0 Å². The van der Waals surface area contributed by atoms with E-state index in [1.165, 1.54) is 27.9 Å². The highest BCUT2D eigenvalue weighted by molar-refractivity contribution is 6.17. The summed E-state index contributed by atoms with van der Waals surface area (Å²) in [7, 11) is 2.21. The minimum atomic E-state index is -0.487. The van der Waals surface area contributed by atoms with Crippen LogP contribution in [0.1, 0.15) is 33.7 Å². The van der Waals surface area contributed by atoms with Gasteiger partial charge in [0, 0.05) is 24.2 Å². The number of anilines is 1. The fraction of sp³-hybridized carbons (Fsp3) is 0.121. The first kappa shape index (κ1) is 20.2. The van der Waals surface area contributed by atoms with E-state index < -0.39 is 5.41 Å². The normalized spacial score (nSPS) is 20.8. The van der Waals surface area contributed by atoms with E-state index in [9.17, 15) is 0 Å². The average molecular weight is 451 g/mol. The lowest BCUT2D eigenvalue weighted by Crippen LogP contribution is -2.36. The summed E-state index contributed by atoms with van der Waals surface area (Å²) in [5.74, 6) is 0.304. The molecule has 0 saturated heterocycles. The third-order valence-corrected chi connectivity index (χ3v) is 7.90. The van der Waals surface area contributed by atoms with E-state index in [4.69, 9.17) is 4.99 Å². The maximum absolute atomic E-state index is 5.56. The van der Waals surface area contributed by atoms with Gasteiger partial charge in [-0.3, -0.25) is 4.99 Å². The van der Waals surface area contributed by atoms with Crippen molar-refractivity contribution in [1.82, 2.24) is 0 Å². The zero-order chi connectivity index (χ0) is 23.4. The van der Waals surface area contributed by atoms with Gasteiger partial charge in [-0.05, 0) is 28.3 Å². The predicted molar refractivity (Wildman–Crippen MR) is 145 cm³/mol. The fourth-order valence-electron chi connectivity index (χ4n) is 6.38. The molecular formula is C33H26N2. The first-order valence-corrected chi connectivity index (χ1v) is 12.3. The molecule has 2 nitrogen and oxygen atoms in total. The molecule has 2 unspecified atom stereocenters. The third-order valence-electron chi connectivity index (χ3n) is 7.90. The van der Waals surface area contributed by atoms with Gasteiger partial charge < -0.3 is 4.90 Å². The van der Waals surface area contributed by atoms with Crippen LogP contribution in [0.3, 0.4) is 0 Å². The van der Waals surface area contributed by atoms with E-state index in [2.05, 4.69) is 139 Å². The molecule has 7 rings (SSSR count). The number of hydrogen-bond acceptors (Lipinski definition) is 2. The van der Waals surface area contributed by atoms with Crippen LogP contribution in [0.2, 0.25) is 0 Å². The van der Waals surface area contributed by atoms with E-state index in [1.54, 1.807) is 0 Å². The van der Waals surface area contributed by atoms with Crippen LogP contribution in [0.15, 0.2) is 132 Å². The van der Waals surface area contributed by atoms with Crippen molar-refractivity contribution in [3.63, 3.8) is 0 Å². The second-order valence-corrected chi connectivity index (χ2v) is 9.60. The van der Waals surface area contributed by atoms with Crippen molar-refractivity contribution in [2.24, 2.45) is 4.99 Å². The summed E-state index contributed by atoms with van der Waals surface area (Å²) < 4.78 is 0. The monoisotopic (exact) mass is 450 g/mol. The topological polar surface area (TPSA) is 15.6 Å². The summed E-state index contributed by atoms with van der Waals surface area (Å²) in [6.45, 7) is 0. The van der Waals surface area contributed by atoms with Crippen LogP contribution in [-0.2, 0) is 5.41 Å². The van der Waals surface area contributed by atoms with Crippen molar-refractivity contribution in [2.45, 2.75) is 17.4 Å². The van der Waals surface area contributed by atoms with Crippen LogP contribution in [-0.4, -0.2) is 18.8 Å². The second kappa shape index (κ2) is 7.68. The van der Waals surface area contributed by atoms with Crippen LogP contribution < -0.4 is 4.90 Å². The zero-order valence-corrected chi connectivity index (χ0v) is 19.7. The first-order chi connectivity index (χ1) is 17.3. The number of likely N-dealkylation sites (N-methyl/N-ethyl adjacent to an activating group) is 1. The lowest BCUT2D eigenvalue weighted by atomic mass is 9.65. The Hall–Kier alpha value is -4.17. The van der Waals surface area contributed by atoms with Gasteiger partial charge in [0.1, 0.15) is 0 Å². The number of nitrogens with zero attached hydrogens (tertiary/aromatic N) is 2. The molecule has 0 aromatic heterocycles. The van der Waals surface area contributed by atoms with Crippen LogP contribution in [0.5, 0.6) is 0 Å². The number of fused-ring (bicyclic) bond motifs is 5. The molecule has 35 heavy (non-hydrogen) atoms. The number of aliphatic imine (C=N–C) groups is 1. The second-order valence-electron chi connectivity index (χ2n) is 9.60. The quantitative estimate of drug-likeness (QED) is 0.323. The number of allylic oxidation sites excluding steroid dienone is 2. The Morgan fingerprint density at radius 1 is 0.686 bits per heavy atom. The number of benzene rings is 4.